The van der Waals surface area contributed by atoms with E-state index in [2.05, 4.69) is 15.7 Å². The van der Waals surface area contributed by atoms with Gasteiger partial charge in [-0.15, -0.1) is 0 Å². The average Bonchev–Trinajstić information content (AvgIpc) is 2.85. The molecule has 2 rings (SSSR count). The fraction of sp³-hybridized carbons (Fsp3) is 0.389. The van der Waals surface area contributed by atoms with Crippen LogP contribution in [0.25, 0.3) is 11.1 Å². The van der Waals surface area contributed by atoms with Crippen molar-refractivity contribution >= 4 is 17.6 Å². The van der Waals surface area contributed by atoms with E-state index < -0.39 is 0 Å². The van der Waals surface area contributed by atoms with Crippen LogP contribution in [0.15, 0.2) is 24.3 Å². The summed E-state index contributed by atoms with van der Waals surface area (Å²) in [5.74, 6) is 1.14. The number of hydrogen-bond donors (Lipinski definition) is 2. The fourth-order valence-corrected chi connectivity index (χ4v) is 2.68. The summed E-state index contributed by atoms with van der Waals surface area (Å²) in [5.41, 5.74) is 2.53. The lowest BCUT2D eigenvalue weighted by Crippen LogP contribution is -2.23. The van der Waals surface area contributed by atoms with Crippen molar-refractivity contribution in [2.24, 2.45) is 7.05 Å². The van der Waals surface area contributed by atoms with Crippen LogP contribution in [0.1, 0.15) is 25.5 Å². The average molecular weight is 344 g/mol. The Kier molecular flexibility index (Phi) is 6.16. The van der Waals surface area contributed by atoms with E-state index in [0.717, 1.165) is 22.6 Å². The lowest BCUT2D eigenvalue weighted by atomic mass is 10.0. The largest absolute Gasteiger partial charge is 0.496 e. The second-order valence-corrected chi connectivity index (χ2v) is 5.77. The number of aryl methyl sites for hydroxylation is 2. The van der Waals surface area contributed by atoms with Gasteiger partial charge in [0.05, 0.1) is 18.4 Å². The topological polar surface area (TPSA) is 85.2 Å². The van der Waals surface area contributed by atoms with Gasteiger partial charge in [0.1, 0.15) is 11.6 Å². The SMILES string of the molecule is COc1ccccc1-c1c(C)nn(C)c1NC(=O)CCCNC(C)=O. The van der Waals surface area contributed by atoms with Crippen LogP contribution in [0.5, 0.6) is 5.75 Å². The fourth-order valence-electron chi connectivity index (χ4n) is 2.68. The van der Waals surface area contributed by atoms with Crippen molar-refractivity contribution in [3.05, 3.63) is 30.0 Å². The number of para-hydroxylation sites is 1. The number of ether oxygens (including phenoxy) is 1. The van der Waals surface area contributed by atoms with E-state index in [9.17, 15) is 9.59 Å². The van der Waals surface area contributed by atoms with Crippen molar-refractivity contribution < 1.29 is 14.3 Å². The summed E-state index contributed by atoms with van der Waals surface area (Å²) in [7, 11) is 3.41. The Hall–Kier alpha value is -2.83. The van der Waals surface area contributed by atoms with Gasteiger partial charge in [-0.3, -0.25) is 14.3 Å². The Labute approximate surface area is 147 Å². The zero-order valence-electron chi connectivity index (χ0n) is 15.0. The van der Waals surface area contributed by atoms with Crippen molar-refractivity contribution in [3.8, 4) is 16.9 Å². The Morgan fingerprint density at radius 2 is 2.00 bits per heavy atom. The first kappa shape index (κ1) is 18.5. The number of nitrogens with zero attached hydrogens (tertiary/aromatic N) is 2. The number of carbonyl (C=O) groups is 2. The van der Waals surface area contributed by atoms with Crippen molar-refractivity contribution in [2.75, 3.05) is 19.0 Å². The second-order valence-electron chi connectivity index (χ2n) is 5.77. The highest BCUT2D eigenvalue weighted by Crippen LogP contribution is 2.37. The molecule has 0 saturated heterocycles. The first-order valence-electron chi connectivity index (χ1n) is 8.15. The Morgan fingerprint density at radius 3 is 2.68 bits per heavy atom. The minimum atomic E-state index is -0.121. The molecule has 0 unspecified atom stereocenters. The number of benzene rings is 1. The molecule has 0 bridgehead atoms. The molecule has 1 aromatic heterocycles. The van der Waals surface area contributed by atoms with Crippen LogP contribution >= 0.6 is 0 Å². The first-order chi connectivity index (χ1) is 11.9. The molecule has 2 amide bonds. The molecule has 1 aromatic carbocycles. The van der Waals surface area contributed by atoms with Crippen LogP contribution in [0, 0.1) is 6.92 Å². The summed E-state index contributed by atoms with van der Waals surface area (Å²) in [4.78, 5) is 23.1. The van der Waals surface area contributed by atoms with Gasteiger partial charge in [0.25, 0.3) is 0 Å². The molecule has 0 spiro atoms. The van der Waals surface area contributed by atoms with Gasteiger partial charge in [0.15, 0.2) is 0 Å². The predicted molar refractivity (Wildman–Crippen MR) is 96.5 cm³/mol. The molecule has 25 heavy (non-hydrogen) atoms. The summed E-state index contributed by atoms with van der Waals surface area (Å²) >= 11 is 0. The molecular formula is C18H24N4O3. The van der Waals surface area contributed by atoms with Crippen molar-refractivity contribution in [3.63, 3.8) is 0 Å². The highest BCUT2D eigenvalue weighted by atomic mass is 16.5. The Bertz CT molecular complexity index is 768. The number of nitrogens with one attached hydrogen (secondary N) is 2. The second kappa shape index (κ2) is 8.32. The van der Waals surface area contributed by atoms with E-state index in [1.54, 1.807) is 18.8 Å². The van der Waals surface area contributed by atoms with Gasteiger partial charge in [0, 0.05) is 32.5 Å². The molecule has 0 fully saturated rings. The van der Waals surface area contributed by atoms with E-state index in [-0.39, 0.29) is 11.8 Å². The molecule has 7 nitrogen and oxygen atoms in total. The van der Waals surface area contributed by atoms with Crippen LogP contribution in [0.3, 0.4) is 0 Å². The lowest BCUT2D eigenvalue weighted by Gasteiger charge is -2.12. The van der Waals surface area contributed by atoms with Gasteiger partial charge in [-0.25, -0.2) is 0 Å². The molecular weight excluding hydrogens is 320 g/mol. The minimum absolute atomic E-state index is 0.0962. The van der Waals surface area contributed by atoms with Crippen LogP contribution in [-0.2, 0) is 16.6 Å². The molecule has 0 atom stereocenters. The molecule has 2 aromatic rings. The van der Waals surface area contributed by atoms with Crippen LogP contribution in [0.2, 0.25) is 0 Å². The number of carbonyl (C=O) groups excluding carboxylic acids is 2. The van der Waals surface area contributed by atoms with E-state index in [1.807, 2.05) is 31.2 Å². The smallest absolute Gasteiger partial charge is 0.225 e. The summed E-state index contributed by atoms with van der Waals surface area (Å²) in [6.45, 7) is 3.83. The van der Waals surface area contributed by atoms with Crippen LogP contribution in [-0.4, -0.2) is 35.2 Å². The van der Waals surface area contributed by atoms with Gasteiger partial charge in [-0.1, -0.05) is 18.2 Å². The van der Waals surface area contributed by atoms with Gasteiger partial charge in [0.2, 0.25) is 11.8 Å². The number of methoxy groups -OCH3 is 1. The molecule has 0 saturated carbocycles. The first-order valence-corrected chi connectivity index (χ1v) is 8.15. The summed E-state index contributed by atoms with van der Waals surface area (Å²) in [6, 6.07) is 7.63. The zero-order valence-corrected chi connectivity index (χ0v) is 15.0. The maximum absolute atomic E-state index is 12.3. The number of rotatable bonds is 7. The number of aromatic nitrogens is 2. The summed E-state index contributed by atoms with van der Waals surface area (Å²) < 4.78 is 7.09. The Morgan fingerprint density at radius 1 is 1.28 bits per heavy atom. The van der Waals surface area contributed by atoms with Crippen molar-refractivity contribution in [1.29, 1.82) is 0 Å². The number of amides is 2. The molecule has 0 radical (unpaired) electrons. The maximum Gasteiger partial charge on any atom is 0.225 e. The molecule has 2 N–H and O–H groups in total. The summed E-state index contributed by atoms with van der Waals surface area (Å²) in [5, 5.41) is 10.0. The summed E-state index contributed by atoms with van der Waals surface area (Å²) in [6.07, 6.45) is 0.891. The Balaban J connectivity index is 2.19. The van der Waals surface area contributed by atoms with Crippen LogP contribution in [0.4, 0.5) is 5.82 Å². The third-order valence-corrected chi connectivity index (χ3v) is 3.81. The molecule has 0 aliphatic heterocycles. The molecule has 134 valence electrons. The normalized spacial score (nSPS) is 10.4. The molecule has 1 heterocycles. The minimum Gasteiger partial charge on any atom is -0.496 e. The molecule has 0 aliphatic carbocycles. The zero-order chi connectivity index (χ0) is 18.4. The molecule has 0 aliphatic rings. The van der Waals surface area contributed by atoms with E-state index >= 15 is 0 Å². The van der Waals surface area contributed by atoms with Gasteiger partial charge < -0.3 is 15.4 Å². The number of anilines is 1. The molecule has 7 heteroatoms. The number of hydrogen-bond acceptors (Lipinski definition) is 4. The standard InChI is InChI=1S/C18H24N4O3/c1-12-17(14-8-5-6-9-15(14)25-4)18(22(3)21-12)20-16(24)10-7-11-19-13(2)23/h5-6,8-9H,7,10-11H2,1-4H3,(H,19,23)(H,20,24). The van der Waals surface area contributed by atoms with Crippen LogP contribution < -0.4 is 15.4 Å². The van der Waals surface area contributed by atoms with E-state index in [1.165, 1.54) is 6.92 Å². The van der Waals surface area contributed by atoms with Gasteiger partial charge in [-0.2, -0.15) is 5.10 Å². The third kappa shape index (κ3) is 4.59. The van der Waals surface area contributed by atoms with E-state index in [0.29, 0.717) is 25.2 Å². The van der Waals surface area contributed by atoms with Crippen molar-refractivity contribution in [1.82, 2.24) is 15.1 Å². The maximum atomic E-state index is 12.3. The third-order valence-electron chi connectivity index (χ3n) is 3.81. The van der Waals surface area contributed by atoms with Gasteiger partial charge in [-0.05, 0) is 19.4 Å². The highest BCUT2D eigenvalue weighted by Gasteiger charge is 2.19. The lowest BCUT2D eigenvalue weighted by molar-refractivity contribution is -0.119. The highest BCUT2D eigenvalue weighted by molar-refractivity contribution is 5.95. The van der Waals surface area contributed by atoms with Crippen molar-refractivity contribution in [2.45, 2.75) is 26.7 Å². The predicted octanol–water partition coefficient (Wildman–Crippen LogP) is 2.26. The van der Waals surface area contributed by atoms with E-state index in [4.69, 9.17) is 4.74 Å². The monoisotopic (exact) mass is 344 g/mol. The van der Waals surface area contributed by atoms with Gasteiger partial charge >= 0.3 is 0 Å². The quantitative estimate of drug-likeness (QED) is 0.755.